The topological polar surface area (TPSA) is 84.0 Å². The van der Waals surface area contributed by atoms with Crippen LogP contribution in [0.5, 0.6) is 0 Å². The van der Waals surface area contributed by atoms with E-state index >= 15 is 0 Å². The Morgan fingerprint density at radius 3 is 2.50 bits per heavy atom. The molecule has 0 N–H and O–H groups in total. The van der Waals surface area contributed by atoms with E-state index in [0.29, 0.717) is 0 Å². The van der Waals surface area contributed by atoms with Gasteiger partial charge in [0.25, 0.3) is 0 Å². The number of nitrogens with zero attached hydrogens (tertiary/aromatic N) is 2. The van der Waals surface area contributed by atoms with E-state index in [1.807, 2.05) is 0 Å². The zero-order valence-electron chi connectivity index (χ0n) is 15.0. The molecular formula is C18H21FN2O5. The quantitative estimate of drug-likeness (QED) is 0.552. The third-order valence-corrected chi connectivity index (χ3v) is 4.48. The van der Waals surface area contributed by atoms with Gasteiger partial charge in [-0.2, -0.15) is 0 Å². The van der Waals surface area contributed by atoms with Crippen molar-refractivity contribution in [3.8, 4) is 0 Å². The van der Waals surface area contributed by atoms with Gasteiger partial charge in [0, 0.05) is 32.5 Å². The number of hydrogen-bond acceptors (Lipinski definition) is 5. The first kappa shape index (κ1) is 19.6. The molecule has 1 atom stereocenters. The van der Waals surface area contributed by atoms with Gasteiger partial charge < -0.3 is 9.64 Å². The fraction of sp³-hybridized carbons (Fsp3) is 0.444. The SMILES string of the molecule is CCOC(=O)CN(C)C(=O)CC1(c2ccccc2F)CC(=O)N(C)C1=O. The van der Waals surface area contributed by atoms with Crippen LogP contribution in [-0.4, -0.2) is 60.7 Å². The van der Waals surface area contributed by atoms with Gasteiger partial charge in [0.15, 0.2) is 0 Å². The number of imide groups is 1. The molecule has 1 heterocycles. The van der Waals surface area contributed by atoms with Gasteiger partial charge in [-0.15, -0.1) is 0 Å². The summed E-state index contributed by atoms with van der Waals surface area (Å²) in [5.41, 5.74) is -1.61. The van der Waals surface area contributed by atoms with E-state index in [1.54, 1.807) is 13.0 Å². The van der Waals surface area contributed by atoms with Gasteiger partial charge in [-0.1, -0.05) is 18.2 Å². The third-order valence-electron chi connectivity index (χ3n) is 4.48. The molecule has 2 rings (SSSR count). The summed E-state index contributed by atoms with van der Waals surface area (Å²) in [7, 11) is 2.69. The van der Waals surface area contributed by atoms with E-state index in [4.69, 9.17) is 4.74 Å². The molecule has 1 fully saturated rings. The second-order valence-electron chi connectivity index (χ2n) is 6.23. The Labute approximate surface area is 150 Å². The average molecular weight is 364 g/mol. The number of carbonyl (C=O) groups excluding carboxylic acids is 4. The van der Waals surface area contributed by atoms with E-state index < -0.39 is 41.3 Å². The Kier molecular flexibility index (Phi) is 5.74. The molecule has 0 saturated carbocycles. The molecule has 1 aliphatic rings. The number of benzene rings is 1. The number of rotatable bonds is 6. The smallest absolute Gasteiger partial charge is 0.325 e. The number of amides is 3. The average Bonchev–Trinajstić information content (AvgIpc) is 2.80. The Balaban J connectivity index is 2.34. The number of likely N-dealkylation sites (N-methyl/N-ethyl adjacent to an activating group) is 2. The van der Waals surface area contributed by atoms with Gasteiger partial charge in [0.2, 0.25) is 17.7 Å². The fourth-order valence-electron chi connectivity index (χ4n) is 3.06. The van der Waals surface area contributed by atoms with Gasteiger partial charge >= 0.3 is 5.97 Å². The fourth-order valence-corrected chi connectivity index (χ4v) is 3.06. The molecule has 8 heteroatoms. The lowest BCUT2D eigenvalue weighted by Gasteiger charge is -2.28. The zero-order chi connectivity index (χ0) is 19.5. The first-order valence-electron chi connectivity index (χ1n) is 8.18. The van der Waals surface area contributed by atoms with Crippen LogP contribution in [0.3, 0.4) is 0 Å². The maximum Gasteiger partial charge on any atom is 0.325 e. The van der Waals surface area contributed by atoms with Crippen LogP contribution in [0.1, 0.15) is 25.3 Å². The molecule has 3 amide bonds. The van der Waals surface area contributed by atoms with Crippen LogP contribution in [0.15, 0.2) is 24.3 Å². The molecule has 0 aliphatic carbocycles. The van der Waals surface area contributed by atoms with Gasteiger partial charge in [-0.3, -0.25) is 24.1 Å². The van der Waals surface area contributed by atoms with E-state index in [0.717, 1.165) is 9.80 Å². The molecule has 7 nitrogen and oxygen atoms in total. The summed E-state index contributed by atoms with van der Waals surface area (Å²) in [6, 6.07) is 5.59. The number of halogens is 1. The van der Waals surface area contributed by atoms with Crippen molar-refractivity contribution < 1.29 is 28.3 Å². The Hall–Kier alpha value is -2.77. The Morgan fingerprint density at radius 2 is 1.96 bits per heavy atom. The number of esters is 1. The largest absolute Gasteiger partial charge is 0.465 e. The highest BCUT2D eigenvalue weighted by atomic mass is 19.1. The lowest BCUT2D eigenvalue weighted by atomic mass is 9.75. The van der Waals surface area contributed by atoms with Crippen molar-refractivity contribution in [3.63, 3.8) is 0 Å². The highest BCUT2D eigenvalue weighted by Crippen LogP contribution is 2.40. The second-order valence-corrected chi connectivity index (χ2v) is 6.23. The van der Waals surface area contributed by atoms with Crippen molar-refractivity contribution in [1.82, 2.24) is 9.80 Å². The molecule has 0 aromatic heterocycles. The van der Waals surface area contributed by atoms with Crippen LogP contribution in [-0.2, 0) is 29.3 Å². The summed E-state index contributed by atoms with van der Waals surface area (Å²) in [5.74, 6) is -2.93. The number of likely N-dealkylation sites (tertiary alicyclic amines) is 1. The van der Waals surface area contributed by atoms with Crippen LogP contribution in [0, 0.1) is 5.82 Å². The summed E-state index contributed by atoms with van der Waals surface area (Å²) < 4.78 is 19.2. The molecule has 1 aliphatic heterocycles. The molecule has 1 aromatic carbocycles. The number of carbonyl (C=O) groups is 4. The maximum absolute atomic E-state index is 14.4. The lowest BCUT2D eigenvalue weighted by molar-refractivity contribution is -0.148. The molecule has 0 radical (unpaired) electrons. The summed E-state index contributed by atoms with van der Waals surface area (Å²) in [5, 5.41) is 0. The molecule has 140 valence electrons. The minimum Gasteiger partial charge on any atom is -0.465 e. The van der Waals surface area contributed by atoms with Crippen molar-refractivity contribution in [1.29, 1.82) is 0 Å². The molecule has 1 saturated heterocycles. The minimum absolute atomic E-state index is 0.000541. The number of ether oxygens (including phenoxy) is 1. The van der Waals surface area contributed by atoms with Gasteiger partial charge in [0.05, 0.1) is 12.0 Å². The molecular weight excluding hydrogens is 343 g/mol. The monoisotopic (exact) mass is 364 g/mol. The molecule has 26 heavy (non-hydrogen) atoms. The van der Waals surface area contributed by atoms with Crippen LogP contribution < -0.4 is 0 Å². The van der Waals surface area contributed by atoms with Crippen LogP contribution in [0.2, 0.25) is 0 Å². The Morgan fingerprint density at radius 1 is 1.31 bits per heavy atom. The standard InChI is InChI=1S/C18H21FN2O5/c1-4-26-16(24)11-20(2)14(22)9-18(10-15(23)21(3)17(18)25)12-7-5-6-8-13(12)19/h5-8H,4,9-11H2,1-3H3. The minimum atomic E-state index is -1.61. The highest BCUT2D eigenvalue weighted by molar-refractivity contribution is 6.10. The van der Waals surface area contributed by atoms with Gasteiger partial charge in [0.1, 0.15) is 12.4 Å². The third kappa shape index (κ3) is 3.58. The van der Waals surface area contributed by atoms with E-state index in [-0.39, 0.29) is 25.1 Å². The van der Waals surface area contributed by atoms with Crippen molar-refractivity contribution in [2.45, 2.75) is 25.2 Å². The van der Waals surface area contributed by atoms with Crippen molar-refractivity contribution in [2.24, 2.45) is 0 Å². The first-order chi connectivity index (χ1) is 12.2. The van der Waals surface area contributed by atoms with Gasteiger partial charge in [-0.05, 0) is 13.0 Å². The summed E-state index contributed by atoms with van der Waals surface area (Å²) in [6.45, 7) is 1.53. The summed E-state index contributed by atoms with van der Waals surface area (Å²) >= 11 is 0. The molecule has 1 unspecified atom stereocenters. The normalized spacial score (nSPS) is 19.6. The predicted octanol–water partition coefficient (Wildman–Crippen LogP) is 0.864. The molecule has 0 spiro atoms. The van der Waals surface area contributed by atoms with Crippen molar-refractivity contribution >= 4 is 23.7 Å². The van der Waals surface area contributed by atoms with Crippen molar-refractivity contribution in [3.05, 3.63) is 35.6 Å². The van der Waals surface area contributed by atoms with Gasteiger partial charge in [-0.25, -0.2) is 4.39 Å². The number of hydrogen-bond donors (Lipinski definition) is 0. The zero-order valence-corrected chi connectivity index (χ0v) is 15.0. The van der Waals surface area contributed by atoms with E-state index in [9.17, 15) is 23.6 Å². The second kappa shape index (κ2) is 7.63. The van der Waals surface area contributed by atoms with Crippen LogP contribution in [0.25, 0.3) is 0 Å². The maximum atomic E-state index is 14.4. The van der Waals surface area contributed by atoms with Crippen molar-refractivity contribution in [2.75, 3.05) is 27.2 Å². The predicted molar refractivity (Wildman–Crippen MR) is 89.4 cm³/mol. The molecule has 0 bridgehead atoms. The van der Waals surface area contributed by atoms with E-state index in [1.165, 1.54) is 32.3 Å². The summed E-state index contributed by atoms with van der Waals surface area (Å²) in [4.78, 5) is 51.0. The summed E-state index contributed by atoms with van der Waals surface area (Å²) in [6.07, 6.45) is -0.721. The van der Waals surface area contributed by atoms with E-state index in [2.05, 4.69) is 0 Å². The Bertz CT molecular complexity index is 751. The highest BCUT2D eigenvalue weighted by Gasteiger charge is 2.53. The first-order valence-corrected chi connectivity index (χ1v) is 8.18. The molecule has 1 aromatic rings. The van der Waals surface area contributed by atoms with Crippen LogP contribution in [0.4, 0.5) is 4.39 Å². The van der Waals surface area contributed by atoms with Crippen LogP contribution >= 0.6 is 0 Å². The lowest BCUT2D eigenvalue weighted by Crippen LogP contribution is -2.43.